The van der Waals surface area contributed by atoms with Crippen molar-refractivity contribution in [1.29, 1.82) is 0 Å². The van der Waals surface area contributed by atoms with E-state index in [2.05, 4.69) is 20.9 Å². The number of aromatic nitrogens is 1. The number of aryl methyl sites for hydroxylation is 3. The summed E-state index contributed by atoms with van der Waals surface area (Å²) in [6, 6.07) is 14.5. The van der Waals surface area contributed by atoms with E-state index in [1.54, 1.807) is 19.1 Å². The summed E-state index contributed by atoms with van der Waals surface area (Å²) in [5.41, 5.74) is 4.03. The molecular formula is C20H20N4O2S. The lowest BCUT2D eigenvalue weighted by atomic mass is 10.1. The van der Waals surface area contributed by atoms with Gasteiger partial charge in [0.1, 0.15) is 4.88 Å². The number of benzene rings is 2. The second-order valence-electron chi connectivity index (χ2n) is 6.10. The monoisotopic (exact) mass is 380 g/mol. The van der Waals surface area contributed by atoms with Crippen molar-refractivity contribution in [2.24, 2.45) is 0 Å². The molecule has 0 spiro atoms. The number of para-hydroxylation sites is 2. The first-order valence-corrected chi connectivity index (χ1v) is 9.23. The van der Waals surface area contributed by atoms with Gasteiger partial charge in [-0.1, -0.05) is 47.7 Å². The highest BCUT2D eigenvalue weighted by molar-refractivity contribution is 7.17. The summed E-state index contributed by atoms with van der Waals surface area (Å²) in [7, 11) is 0. The van der Waals surface area contributed by atoms with E-state index < -0.39 is 6.03 Å². The van der Waals surface area contributed by atoms with Gasteiger partial charge in [0.15, 0.2) is 5.13 Å². The minimum absolute atomic E-state index is 0.237. The molecule has 0 aliphatic heterocycles. The predicted molar refractivity (Wildman–Crippen MR) is 110 cm³/mol. The minimum Gasteiger partial charge on any atom is -0.321 e. The molecule has 138 valence electrons. The van der Waals surface area contributed by atoms with Crippen LogP contribution in [-0.4, -0.2) is 16.9 Å². The highest BCUT2D eigenvalue weighted by Gasteiger charge is 2.18. The molecule has 0 saturated carbocycles. The molecule has 3 rings (SSSR count). The molecule has 0 atom stereocenters. The van der Waals surface area contributed by atoms with Crippen molar-refractivity contribution in [1.82, 2.24) is 4.98 Å². The van der Waals surface area contributed by atoms with Gasteiger partial charge in [-0.2, -0.15) is 0 Å². The summed E-state index contributed by atoms with van der Waals surface area (Å²) < 4.78 is 0. The van der Waals surface area contributed by atoms with E-state index in [9.17, 15) is 9.59 Å². The Hall–Kier alpha value is -3.19. The maximum atomic E-state index is 12.7. The quantitative estimate of drug-likeness (QED) is 0.598. The third-order valence-corrected chi connectivity index (χ3v) is 5.05. The minimum atomic E-state index is -0.406. The van der Waals surface area contributed by atoms with Gasteiger partial charge in [-0.25, -0.2) is 9.78 Å². The van der Waals surface area contributed by atoms with Gasteiger partial charge in [-0.3, -0.25) is 10.1 Å². The number of hydrogen-bond acceptors (Lipinski definition) is 4. The Bertz CT molecular complexity index is 963. The number of urea groups is 1. The summed E-state index contributed by atoms with van der Waals surface area (Å²) in [6.45, 7) is 5.64. The summed E-state index contributed by atoms with van der Waals surface area (Å²) in [6.07, 6.45) is 0. The van der Waals surface area contributed by atoms with Crippen LogP contribution in [0.4, 0.5) is 21.3 Å². The Balaban J connectivity index is 1.70. The van der Waals surface area contributed by atoms with Crippen LogP contribution in [0.5, 0.6) is 0 Å². The van der Waals surface area contributed by atoms with Gasteiger partial charge in [0, 0.05) is 11.4 Å². The normalized spacial score (nSPS) is 10.3. The van der Waals surface area contributed by atoms with Crippen LogP contribution in [0.15, 0.2) is 48.5 Å². The number of nitrogens with zero attached hydrogens (tertiary/aromatic N) is 1. The molecule has 1 heterocycles. The standard InChI is InChI=1S/C20H20N4O2S/c1-12-8-7-9-13(2)16(12)23-18(25)17-14(3)21-20(27-17)24-19(26)22-15-10-5-4-6-11-15/h4-11H,1-3H3,(H,23,25)(H2,21,22,24,26). The molecule has 0 aliphatic carbocycles. The number of carbonyl (C=O) groups is 2. The fraction of sp³-hybridized carbons (Fsp3) is 0.150. The molecule has 1 aromatic heterocycles. The summed E-state index contributed by atoms with van der Waals surface area (Å²) in [4.78, 5) is 29.5. The van der Waals surface area contributed by atoms with Gasteiger partial charge in [-0.15, -0.1) is 0 Å². The van der Waals surface area contributed by atoms with E-state index in [1.165, 1.54) is 0 Å². The van der Waals surface area contributed by atoms with Crippen LogP contribution in [0.1, 0.15) is 26.5 Å². The summed E-state index contributed by atoms with van der Waals surface area (Å²) in [5, 5.41) is 8.70. The third-order valence-electron chi connectivity index (χ3n) is 3.97. The van der Waals surface area contributed by atoms with E-state index in [0.717, 1.165) is 28.2 Å². The fourth-order valence-electron chi connectivity index (χ4n) is 2.62. The Morgan fingerprint density at radius 3 is 2.19 bits per heavy atom. The summed E-state index contributed by atoms with van der Waals surface area (Å²) >= 11 is 1.14. The maximum Gasteiger partial charge on any atom is 0.325 e. The van der Waals surface area contributed by atoms with Crippen molar-refractivity contribution in [2.75, 3.05) is 16.0 Å². The van der Waals surface area contributed by atoms with Crippen molar-refractivity contribution in [2.45, 2.75) is 20.8 Å². The zero-order valence-corrected chi connectivity index (χ0v) is 16.1. The molecule has 7 heteroatoms. The summed E-state index contributed by atoms with van der Waals surface area (Å²) in [5.74, 6) is -0.237. The molecule has 0 fully saturated rings. The highest BCUT2D eigenvalue weighted by atomic mass is 32.1. The predicted octanol–water partition coefficient (Wildman–Crippen LogP) is 4.96. The number of thiazole rings is 1. The zero-order valence-electron chi connectivity index (χ0n) is 15.3. The number of hydrogen-bond donors (Lipinski definition) is 3. The lowest BCUT2D eigenvalue weighted by Crippen LogP contribution is -2.19. The Morgan fingerprint density at radius 1 is 0.852 bits per heavy atom. The molecule has 0 radical (unpaired) electrons. The largest absolute Gasteiger partial charge is 0.325 e. The number of amides is 3. The van der Waals surface area contributed by atoms with Crippen LogP contribution in [0.25, 0.3) is 0 Å². The van der Waals surface area contributed by atoms with Crippen molar-refractivity contribution < 1.29 is 9.59 Å². The third kappa shape index (κ3) is 4.51. The highest BCUT2D eigenvalue weighted by Crippen LogP contribution is 2.26. The lowest BCUT2D eigenvalue weighted by Gasteiger charge is -2.10. The molecule has 2 aromatic carbocycles. The number of rotatable bonds is 4. The number of anilines is 3. The fourth-order valence-corrected chi connectivity index (χ4v) is 3.48. The van der Waals surface area contributed by atoms with Gasteiger partial charge in [0.25, 0.3) is 5.91 Å². The molecule has 6 nitrogen and oxygen atoms in total. The SMILES string of the molecule is Cc1cccc(C)c1NC(=O)c1sc(NC(=O)Nc2ccccc2)nc1C. The lowest BCUT2D eigenvalue weighted by molar-refractivity contribution is 0.102. The van der Waals surface area contributed by atoms with Gasteiger partial charge in [0.05, 0.1) is 5.69 Å². The van der Waals surface area contributed by atoms with Gasteiger partial charge in [0.2, 0.25) is 0 Å². The van der Waals surface area contributed by atoms with Crippen LogP contribution < -0.4 is 16.0 Å². The Labute approximate surface area is 161 Å². The van der Waals surface area contributed by atoms with Crippen LogP contribution in [0.3, 0.4) is 0 Å². The molecule has 0 bridgehead atoms. The van der Waals surface area contributed by atoms with Gasteiger partial charge < -0.3 is 10.6 Å². The first-order valence-electron chi connectivity index (χ1n) is 8.42. The van der Waals surface area contributed by atoms with Crippen molar-refractivity contribution in [3.63, 3.8) is 0 Å². The number of nitrogens with one attached hydrogen (secondary N) is 3. The molecule has 3 amide bonds. The van der Waals surface area contributed by atoms with Crippen LogP contribution in [-0.2, 0) is 0 Å². The number of carbonyl (C=O) groups excluding carboxylic acids is 2. The van der Waals surface area contributed by atoms with E-state index >= 15 is 0 Å². The van der Waals surface area contributed by atoms with Crippen LogP contribution in [0.2, 0.25) is 0 Å². The average molecular weight is 380 g/mol. The molecule has 0 saturated heterocycles. The first kappa shape index (κ1) is 18.6. The van der Waals surface area contributed by atoms with Crippen LogP contribution in [0, 0.1) is 20.8 Å². The van der Waals surface area contributed by atoms with E-state index in [-0.39, 0.29) is 5.91 Å². The molecule has 27 heavy (non-hydrogen) atoms. The van der Waals surface area contributed by atoms with Crippen molar-refractivity contribution in [3.05, 3.63) is 70.2 Å². The van der Waals surface area contributed by atoms with E-state index in [0.29, 0.717) is 21.4 Å². The zero-order chi connectivity index (χ0) is 19.4. The topological polar surface area (TPSA) is 83.1 Å². The molecule has 0 unspecified atom stereocenters. The smallest absolute Gasteiger partial charge is 0.321 e. The van der Waals surface area contributed by atoms with E-state index in [1.807, 2.05) is 50.2 Å². The van der Waals surface area contributed by atoms with Crippen molar-refractivity contribution in [3.8, 4) is 0 Å². The van der Waals surface area contributed by atoms with Gasteiger partial charge >= 0.3 is 6.03 Å². The maximum absolute atomic E-state index is 12.7. The first-order chi connectivity index (χ1) is 12.9. The van der Waals surface area contributed by atoms with Crippen molar-refractivity contribution >= 4 is 39.8 Å². The molecule has 0 aliphatic rings. The van der Waals surface area contributed by atoms with E-state index in [4.69, 9.17) is 0 Å². The Kier molecular flexibility index (Phi) is 5.52. The van der Waals surface area contributed by atoms with Gasteiger partial charge in [-0.05, 0) is 44.0 Å². The van der Waals surface area contributed by atoms with Crippen LogP contribution >= 0.6 is 11.3 Å². The molecule has 3 aromatic rings. The Morgan fingerprint density at radius 2 is 1.52 bits per heavy atom. The second-order valence-corrected chi connectivity index (χ2v) is 7.10. The average Bonchev–Trinajstić information content (AvgIpc) is 2.99. The molecule has 3 N–H and O–H groups in total. The molecular weight excluding hydrogens is 360 g/mol. The second kappa shape index (κ2) is 8.01.